The van der Waals surface area contributed by atoms with Crippen LogP contribution < -0.4 is 5.32 Å². The van der Waals surface area contributed by atoms with Crippen LogP contribution in [0.5, 0.6) is 0 Å². The minimum Gasteiger partial charge on any atom is -0.384 e. The second kappa shape index (κ2) is 7.93. The van der Waals surface area contributed by atoms with E-state index in [1.807, 2.05) is 38.2 Å². The monoisotopic (exact) mass is 317 g/mol. The van der Waals surface area contributed by atoms with Crippen LogP contribution in [0.2, 0.25) is 0 Å². The van der Waals surface area contributed by atoms with Crippen LogP contribution in [0, 0.1) is 5.41 Å². The lowest BCUT2D eigenvalue weighted by Crippen LogP contribution is -2.64. The normalized spacial score (nSPS) is 21.6. The van der Waals surface area contributed by atoms with Gasteiger partial charge in [0.2, 0.25) is 0 Å². The third-order valence-corrected chi connectivity index (χ3v) is 5.11. The van der Waals surface area contributed by atoms with Crippen molar-refractivity contribution in [3.8, 4) is 0 Å². The molecule has 1 N–H and O–H groups in total. The Kier molecular flexibility index (Phi) is 6.19. The first-order valence-corrected chi connectivity index (χ1v) is 8.51. The van der Waals surface area contributed by atoms with Gasteiger partial charge in [0, 0.05) is 39.8 Å². The zero-order chi connectivity index (χ0) is 16.9. The third kappa shape index (κ3) is 4.79. The summed E-state index contributed by atoms with van der Waals surface area (Å²) in [4.78, 5) is 15.6. The smallest absolute Gasteiger partial charge is 0.146 e. The van der Waals surface area contributed by atoms with Gasteiger partial charge >= 0.3 is 0 Å². The zero-order valence-corrected chi connectivity index (χ0v) is 15.0. The Morgan fingerprint density at radius 1 is 1.22 bits per heavy atom. The maximum atomic E-state index is 11.2. The summed E-state index contributed by atoms with van der Waals surface area (Å²) in [5.74, 6) is 0. The number of nitrogens with zero attached hydrogens (tertiary/aromatic N) is 2. The second-order valence-corrected chi connectivity index (χ2v) is 7.39. The summed E-state index contributed by atoms with van der Waals surface area (Å²) in [6, 6.07) is 0.722. The molecular formula is C19H31N3O. The molecule has 4 heteroatoms. The van der Waals surface area contributed by atoms with E-state index in [1.54, 1.807) is 0 Å². The molecule has 2 aliphatic rings. The van der Waals surface area contributed by atoms with Crippen LogP contribution in [0.25, 0.3) is 0 Å². The van der Waals surface area contributed by atoms with Crippen molar-refractivity contribution in [2.45, 2.75) is 32.2 Å². The highest BCUT2D eigenvalue weighted by molar-refractivity contribution is 5.75. The van der Waals surface area contributed by atoms with Crippen LogP contribution in [-0.2, 0) is 4.79 Å². The number of aldehydes is 1. The molecule has 1 saturated carbocycles. The van der Waals surface area contributed by atoms with Crippen molar-refractivity contribution in [3.63, 3.8) is 0 Å². The Balaban J connectivity index is 1.78. The first-order valence-electron chi connectivity index (χ1n) is 8.51. The van der Waals surface area contributed by atoms with E-state index in [1.165, 1.54) is 25.9 Å². The molecule has 0 atom stereocenters. The summed E-state index contributed by atoms with van der Waals surface area (Å²) >= 11 is 0. The van der Waals surface area contributed by atoms with Gasteiger partial charge in [0.25, 0.3) is 0 Å². The quantitative estimate of drug-likeness (QED) is 0.423. The maximum Gasteiger partial charge on any atom is 0.146 e. The highest BCUT2D eigenvalue weighted by Gasteiger charge is 2.49. The molecule has 2 fully saturated rings. The molecule has 23 heavy (non-hydrogen) atoms. The predicted octanol–water partition coefficient (Wildman–Crippen LogP) is 2.21. The summed E-state index contributed by atoms with van der Waals surface area (Å²) in [5.41, 5.74) is 2.54. The van der Waals surface area contributed by atoms with Crippen LogP contribution >= 0.6 is 0 Å². The van der Waals surface area contributed by atoms with Crippen molar-refractivity contribution in [2.24, 2.45) is 5.41 Å². The highest BCUT2D eigenvalue weighted by atomic mass is 16.1. The third-order valence-electron chi connectivity index (χ3n) is 5.11. The molecule has 2 rings (SSSR count). The molecule has 1 aliphatic carbocycles. The first kappa shape index (κ1) is 18.0. The lowest BCUT2D eigenvalue weighted by molar-refractivity contribution is -0.105. The molecule has 0 radical (unpaired) electrons. The average molecular weight is 317 g/mol. The van der Waals surface area contributed by atoms with E-state index in [0.717, 1.165) is 30.0 Å². The van der Waals surface area contributed by atoms with Gasteiger partial charge < -0.3 is 10.2 Å². The van der Waals surface area contributed by atoms with Crippen LogP contribution in [0.4, 0.5) is 0 Å². The van der Waals surface area contributed by atoms with Gasteiger partial charge in [0.15, 0.2) is 0 Å². The molecule has 0 aromatic heterocycles. The van der Waals surface area contributed by atoms with E-state index >= 15 is 0 Å². The number of likely N-dealkylation sites (N-methyl/N-ethyl adjacent to an activating group) is 1. The molecule has 1 heterocycles. The van der Waals surface area contributed by atoms with Crippen LogP contribution in [0.1, 0.15) is 26.2 Å². The number of allylic oxidation sites excluding steroid dienone is 4. The van der Waals surface area contributed by atoms with Gasteiger partial charge in [0.05, 0.1) is 0 Å². The lowest BCUT2D eigenvalue weighted by Gasteiger charge is -2.56. The van der Waals surface area contributed by atoms with Crippen molar-refractivity contribution < 1.29 is 4.79 Å². The van der Waals surface area contributed by atoms with E-state index in [4.69, 9.17) is 0 Å². The Bertz CT molecular complexity index is 493. The summed E-state index contributed by atoms with van der Waals surface area (Å²) in [7, 11) is 6.16. The van der Waals surface area contributed by atoms with Crippen molar-refractivity contribution in [1.82, 2.24) is 15.1 Å². The Morgan fingerprint density at radius 2 is 1.91 bits per heavy atom. The molecule has 1 saturated heterocycles. The first-order chi connectivity index (χ1) is 11.0. The highest BCUT2D eigenvalue weighted by Crippen LogP contribution is 2.46. The second-order valence-electron chi connectivity index (χ2n) is 7.39. The van der Waals surface area contributed by atoms with Crippen LogP contribution in [0.3, 0.4) is 0 Å². The lowest BCUT2D eigenvalue weighted by atomic mass is 9.61. The number of nitrogens with one attached hydrogen (secondary N) is 1. The van der Waals surface area contributed by atoms with E-state index < -0.39 is 0 Å². The maximum absolute atomic E-state index is 11.2. The Morgan fingerprint density at radius 3 is 2.43 bits per heavy atom. The Labute approximate surface area is 140 Å². The fourth-order valence-electron chi connectivity index (χ4n) is 3.36. The van der Waals surface area contributed by atoms with Gasteiger partial charge in [-0.3, -0.25) is 9.69 Å². The molecule has 1 aliphatic heterocycles. The molecule has 0 unspecified atom stereocenters. The van der Waals surface area contributed by atoms with Crippen molar-refractivity contribution in [3.05, 3.63) is 35.6 Å². The predicted molar refractivity (Wildman–Crippen MR) is 96.3 cm³/mol. The fraction of sp³-hybridized carbons (Fsp3) is 0.632. The summed E-state index contributed by atoms with van der Waals surface area (Å²) in [6.45, 7) is 5.38. The number of carbonyl (C=O) groups is 1. The molecule has 1 spiro atoms. The zero-order valence-electron chi connectivity index (χ0n) is 15.0. The minimum absolute atomic E-state index is 0.627. The van der Waals surface area contributed by atoms with E-state index in [2.05, 4.69) is 29.4 Å². The SMILES string of the molecule is CC(/C=C\CN(C)C1CC2(CNC2)C1)=C(\C=O)C/C=C\N(C)C. The van der Waals surface area contributed by atoms with E-state index in [-0.39, 0.29) is 0 Å². The number of hydrogen-bond donors (Lipinski definition) is 1. The van der Waals surface area contributed by atoms with Crippen LogP contribution in [0.15, 0.2) is 35.6 Å². The molecule has 0 bridgehead atoms. The average Bonchev–Trinajstić information content (AvgIpc) is 2.40. The fourth-order valence-corrected chi connectivity index (χ4v) is 3.36. The van der Waals surface area contributed by atoms with E-state index in [0.29, 0.717) is 11.8 Å². The topological polar surface area (TPSA) is 35.6 Å². The molecule has 0 aromatic rings. The molecule has 0 aromatic carbocycles. The van der Waals surface area contributed by atoms with Crippen molar-refractivity contribution >= 4 is 6.29 Å². The van der Waals surface area contributed by atoms with E-state index in [9.17, 15) is 4.79 Å². The van der Waals surface area contributed by atoms with Gasteiger partial charge in [-0.1, -0.05) is 18.2 Å². The standard InChI is InChI=1S/C19H31N3O/c1-16(17(13-23)8-6-9-21(2)3)7-5-10-22(4)18-11-19(12-18)14-20-15-19/h5-7,9,13,18,20H,8,10-12,14-15H2,1-4H3/b7-5-,9-6-,17-16+. The van der Waals surface area contributed by atoms with Gasteiger partial charge in [-0.25, -0.2) is 0 Å². The molecule has 4 nitrogen and oxygen atoms in total. The largest absolute Gasteiger partial charge is 0.384 e. The summed E-state index contributed by atoms with van der Waals surface area (Å²) in [6.07, 6.45) is 12.6. The van der Waals surface area contributed by atoms with Gasteiger partial charge in [0.1, 0.15) is 6.29 Å². The van der Waals surface area contributed by atoms with Crippen LogP contribution in [-0.4, -0.2) is 62.9 Å². The molecule has 0 amide bonds. The molecular weight excluding hydrogens is 286 g/mol. The van der Waals surface area contributed by atoms with Crippen molar-refractivity contribution in [2.75, 3.05) is 40.8 Å². The number of hydrogen-bond acceptors (Lipinski definition) is 4. The summed E-state index contributed by atoms with van der Waals surface area (Å²) in [5, 5.41) is 3.38. The molecule has 128 valence electrons. The Hall–Kier alpha value is -1.39. The van der Waals surface area contributed by atoms with Gasteiger partial charge in [-0.05, 0) is 56.0 Å². The number of rotatable bonds is 8. The van der Waals surface area contributed by atoms with Gasteiger partial charge in [-0.15, -0.1) is 0 Å². The van der Waals surface area contributed by atoms with Crippen molar-refractivity contribution in [1.29, 1.82) is 0 Å². The number of carbonyl (C=O) groups excluding carboxylic acids is 1. The minimum atomic E-state index is 0.627. The van der Waals surface area contributed by atoms with Gasteiger partial charge in [-0.2, -0.15) is 0 Å². The summed E-state index contributed by atoms with van der Waals surface area (Å²) < 4.78 is 0.